The maximum Gasteiger partial charge on any atom is 0.0396 e. The minimum Gasteiger partial charge on any atom is -0.242 e. The van der Waals surface area contributed by atoms with Crippen molar-refractivity contribution in [3.05, 3.63) is 35.2 Å². The molecule has 0 atom stereocenters. The fourth-order valence-corrected chi connectivity index (χ4v) is 4.00. The van der Waals surface area contributed by atoms with E-state index in [0.717, 1.165) is 12.8 Å². The first kappa shape index (κ1) is 13.7. The summed E-state index contributed by atoms with van der Waals surface area (Å²) >= 11 is 4.04. The molecule has 3 rings (SSSR count). The van der Waals surface area contributed by atoms with Gasteiger partial charge >= 0.3 is 0 Å². The number of hydrogen-bond acceptors (Lipinski definition) is 4. The van der Waals surface area contributed by atoms with Crippen molar-refractivity contribution >= 4 is 57.5 Å². The van der Waals surface area contributed by atoms with Gasteiger partial charge in [0.1, 0.15) is 0 Å². The fraction of sp³-hybridized carbons (Fsp3) is 0.357. The maximum absolute atomic E-state index is 4.40. The van der Waals surface area contributed by atoms with Crippen LogP contribution in [0.5, 0.6) is 0 Å². The summed E-state index contributed by atoms with van der Waals surface area (Å²) in [5, 5.41) is 7.94. The second-order valence-electron chi connectivity index (χ2n) is 4.84. The third-order valence-electron chi connectivity index (χ3n) is 3.75. The minimum atomic E-state index is 0.706. The van der Waals surface area contributed by atoms with Crippen LogP contribution in [0.3, 0.4) is 0 Å². The van der Waals surface area contributed by atoms with Gasteiger partial charge in [-0.25, -0.2) is 4.83 Å². The first-order valence-corrected chi connectivity index (χ1v) is 10.7. The van der Waals surface area contributed by atoms with Crippen molar-refractivity contribution < 1.29 is 0 Å². The van der Waals surface area contributed by atoms with Gasteiger partial charge in [-0.3, -0.25) is 0 Å². The molecule has 0 radical (unpaired) electrons. The van der Waals surface area contributed by atoms with Crippen LogP contribution in [0.4, 0.5) is 0 Å². The van der Waals surface area contributed by atoms with E-state index in [0.29, 0.717) is 5.92 Å². The van der Waals surface area contributed by atoms with Crippen LogP contribution < -0.4 is 4.83 Å². The predicted molar refractivity (Wildman–Crippen MR) is 95.2 cm³/mol. The number of nitrogens with one attached hydrogen (secondary N) is 1. The molecule has 0 amide bonds. The Labute approximate surface area is 133 Å². The first-order valence-electron chi connectivity index (χ1n) is 6.42. The summed E-state index contributed by atoms with van der Waals surface area (Å²) in [6.07, 6.45) is 4.70. The van der Waals surface area contributed by atoms with Gasteiger partial charge < -0.3 is 0 Å². The molecule has 0 spiro atoms. The van der Waals surface area contributed by atoms with Crippen molar-refractivity contribution in [2.24, 2.45) is 5.10 Å². The molecule has 0 saturated heterocycles. The topological polar surface area (TPSA) is 24.4 Å². The standard InChI is InChI=1S/C14H15IN2S2/c15-19-17-16-13-5-3-10(4-6-13)12-2-1-11-7-8-18-14(11)9-12/h1-2,7-10,17H,3-6H2. The Hall–Kier alpha value is -0.270. The summed E-state index contributed by atoms with van der Waals surface area (Å²) in [6, 6.07) is 9.15. The first-order chi connectivity index (χ1) is 9.36. The van der Waals surface area contributed by atoms with Crippen LogP contribution in [0, 0.1) is 0 Å². The number of nitrogens with zero attached hydrogens (tertiary/aromatic N) is 1. The van der Waals surface area contributed by atoms with Crippen molar-refractivity contribution in [3.63, 3.8) is 0 Å². The van der Waals surface area contributed by atoms with E-state index in [2.05, 4.69) is 60.8 Å². The molecule has 2 nitrogen and oxygen atoms in total. The summed E-state index contributed by atoms with van der Waals surface area (Å²) in [5.41, 5.74) is 2.82. The van der Waals surface area contributed by atoms with Gasteiger partial charge in [0.15, 0.2) is 0 Å². The highest BCUT2D eigenvalue weighted by Gasteiger charge is 2.19. The number of hydrogen-bond donors (Lipinski definition) is 1. The molecule has 1 aromatic carbocycles. The summed E-state index contributed by atoms with van der Waals surface area (Å²) in [5.74, 6) is 0.706. The molecule has 0 aliphatic heterocycles. The molecule has 1 aliphatic rings. The number of fused-ring (bicyclic) bond motifs is 1. The van der Waals surface area contributed by atoms with E-state index in [1.54, 1.807) is 0 Å². The van der Waals surface area contributed by atoms with E-state index >= 15 is 0 Å². The SMILES string of the molecule is ISNN=C1CCC(c2ccc3ccsc3c2)CC1. The lowest BCUT2D eigenvalue weighted by Gasteiger charge is -2.23. The van der Waals surface area contributed by atoms with Crippen LogP contribution in [0.15, 0.2) is 34.7 Å². The van der Waals surface area contributed by atoms with Crippen molar-refractivity contribution in [2.75, 3.05) is 0 Å². The summed E-state index contributed by atoms with van der Waals surface area (Å²) in [4.78, 5) is 2.99. The average molecular weight is 402 g/mol. The molecule has 19 heavy (non-hydrogen) atoms. The van der Waals surface area contributed by atoms with Crippen LogP contribution >= 0.6 is 41.7 Å². The smallest absolute Gasteiger partial charge is 0.0396 e. The van der Waals surface area contributed by atoms with Crippen LogP contribution in [-0.2, 0) is 0 Å². The van der Waals surface area contributed by atoms with E-state index in [-0.39, 0.29) is 0 Å². The average Bonchev–Trinajstić information content (AvgIpc) is 2.93. The normalized spacial score (nSPS) is 19.6. The van der Waals surface area contributed by atoms with Gasteiger partial charge in [-0.05, 0) is 60.1 Å². The Kier molecular flexibility index (Phi) is 4.65. The molecule has 0 unspecified atom stereocenters. The van der Waals surface area contributed by atoms with Crippen molar-refractivity contribution in [1.82, 2.24) is 4.83 Å². The van der Waals surface area contributed by atoms with E-state index in [4.69, 9.17) is 0 Å². The summed E-state index contributed by atoms with van der Waals surface area (Å²) < 4.78 is 1.42. The predicted octanol–water partition coefficient (Wildman–Crippen LogP) is 5.50. The zero-order chi connectivity index (χ0) is 13.1. The van der Waals surface area contributed by atoms with Gasteiger partial charge in [0.25, 0.3) is 0 Å². The zero-order valence-electron chi connectivity index (χ0n) is 10.4. The highest BCUT2D eigenvalue weighted by atomic mass is 127. The van der Waals surface area contributed by atoms with Gasteiger partial charge in [0.2, 0.25) is 0 Å². The lowest BCUT2D eigenvalue weighted by Crippen LogP contribution is -2.14. The van der Waals surface area contributed by atoms with E-state index in [1.807, 2.05) is 11.3 Å². The molecule has 1 aliphatic carbocycles. The van der Waals surface area contributed by atoms with Crippen LogP contribution in [0.1, 0.15) is 37.2 Å². The van der Waals surface area contributed by atoms with E-state index < -0.39 is 0 Å². The molecule has 0 bridgehead atoms. The van der Waals surface area contributed by atoms with Crippen LogP contribution in [-0.4, -0.2) is 5.71 Å². The van der Waals surface area contributed by atoms with Gasteiger partial charge in [0.05, 0.1) is 0 Å². The number of rotatable bonds is 3. The molecule has 5 heteroatoms. The second-order valence-corrected chi connectivity index (χ2v) is 7.44. The Morgan fingerprint density at radius 3 is 2.89 bits per heavy atom. The molecule has 100 valence electrons. The van der Waals surface area contributed by atoms with Crippen molar-refractivity contribution in [3.8, 4) is 0 Å². The molecule has 1 saturated carbocycles. The molecular weight excluding hydrogens is 387 g/mol. The Morgan fingerprint density at radius 1 is 1.26 bits per heavy atom. The van der Waals surface area contributed by atoms with E-state index in [9.17, 15) is 0 Å². The quantitative estimate of drug-likeness (QED) is 0.416. The number of halogens is 1. The van der Waals surface area contributed by atoms with Crippen molar-refractivity contribution in [1.29, 1.82) is 0 Å². The van der Waals surface area contributed by atoms with E-state index in [1.165, 1.54) is 43.3 Å². The maximum atomic E-state index is 4.40. The summed E-state index contributed by atoms with van der Waals surface area (Å²) in [6.45, 7) is 0. The van der Waals surface area contributed by atoms with Crippen LogP contribution in [0.2, 0.25) is 0 Å². The lowest BCUT2D eigenvalue weighted by molar-refractivity contribution is 0.565. The Balaban J connectivity index is 1.70. The van der Waals surface area contributed by atoms with Gasteiger partial charge in [0, 0.05) is 40.7 Å². The largest absolute Gasteiger partial charge is 0.242 e. The summed E-state index contributed by atoms with van der Waals surface area (Å²) in [7, 11) is 1.53. The number of hydrazone groups is 1. The zero-order valence-corrected chi connectivity index (χ0v) is 14.2. The molecule has 1 aromatic heterocycles. The number of thiophene rings is 1. The van der Waals surface area contributed by atoms with Gasteiger partial charge in [-0.15, -0.1) is 11.3 Å². The molecule has 1 fully saturated rings. The molecular formula is C14H15IN2S2. The Morgan fingerprint density at radius 2 is 2.11 bits per heavy atom. The fourth-order valence-electron chi connectivity index (χ4n) is 2.70. The Bertz CT molecular complexity index is 584. The van der Waals surface area contributed by atoms with Gasteiger partial charge in [-0.2, -0.15) is 5.10 Å². The molecule has 1 heterocycles. The number of benzene rings is 1. The minimum absolute atomic E-state index is 0.706. The monoisotopic (exact) mass is 402 g/mol. The van der Waals surface area contributed by atoms with Gasteiger partial charge in [-0.1, -0.05) is 12.1 Å². The third kappa shape index (κ3) is 3.25. The molecule has 2 aromatic rings. The van der Waals surface area contributed by atoms with Crippen molar-refractivity contribution in [2.45, 2.75) is 31.6 Å². The second kappa shape index (κ2) is 6.45. The molecule has 1 N–H and O–H groups in total. The third-order valence-corrected chi connectivity index (χ3v) is 5.38. The lowest BCUT2D eigenvalue weighted by atomic mass is 9.83. The highest BCUT2D eigenvalue weighted by Crippen LogP contribution is 2.34. The highest BCUT2D eigenvalue weighted by molar-refractivity contribution is 14.2. The van der Waals surface area contributed by atoms with Crippen LogP contribution in [0.25, 0.3) is 10.1 Å².